The van der Waals surface area contributed by atoms with Gasteiger partial charge in [0.25, 0.3) is 0 Å². The van der Waals surface area contributed by atoms with Crippen LogP contribution in [0.25, 0.3) is 0 Å². The molecule has 0 amide bonds. The quantitative estimate of drug-likeness (QED) is 0.630. The summed E-state index contributed by atoms with van der Waals surface area (Å²) >= 11 is 0. The van der Waals surface area contributed by atoms with Crippen LogP contribution in [0.1, 0.15) is 32.9 Å². The van der Waals surface area contributed by atoms with Gasteiger partial charge in [-0.2, -0.15) is 0 Å². The lowest BCUT2D eigenvalue weighted by atomic mass is 10.2. The van der Waals surface area contributed by atoms with E-state index in [2.05, 4.69) is 5.16 Å². The summed E-state index contributed by atoms with van der Waals surface area (Å²) in [4.78, 5) is 12.1. The number of ether oxygens (including phenoxy) is 2. The second-order valence-electron chi connectivity index (χ2n) is 5.68. The van der Waals surface area contributed by atoms with Gasteiger partial charge in [-0.3, -0.25) is 0 Å². The maximum Gasteiger partial charge on any atom is 0.338 e. The molecule has 0 aliphatic rings. The molecule has 3 aromatic rings. The van der Waals surface area contributed by atoms with Crippen LogP contribution in [0, 0.1) is 13.8 Å². The Morgan fingerprint density at radius 1 is 1.00 bits per heavy atom. The van der Waals surface area contributed by atoms with Crippen molar-refractivity contribution in [3.8, 4) is 5.75 Å². The Kier molecular flexibility index (Phi) is 5.14. The van der Waals surface area contributed by atoms with E-state index in [4.69, 9.17) is 14.0 Å². The normalized spacial score (nSPS) is 10.5. The van der Waals surface area contributed by atoms with Crippen molar-refractivity contribution < 1.29 is 18.8 Å². The molecular weight excluding hydrogens is 318 g/mol. The van der Waals surface area contributed by atoms with Crippen LogP contribution in [-0.4, -0.2) is 11.1 Å². The fourth-order valence-corrected chi connectivity index (χ4v) is 2.36. The summed E-state index contributed by atoms with van der Waals surface area (Å²) in [6.07, 6.45) is 0. The first-order valence-electron chi connectivity index (χ1n) is 7.99. The molecule has 0 aliphatic carbocycles. The van der Waals surface area contributed by atoms with E-state index in [0.29, 0.717) is 17.9 Å². The van der Waals surface area contributed by atoms with Gasteiger partial charge in [-0.1, -0.05) is 35.5 Å². The van der Waals surface area contributed by atoms with Gasteiger partial charge in [-0.25, -0.2) is 4.79 Å². The molecule has 3 rings (SSSR count). The van der Waals surface area contributed by atoms with Crippen molar-refractivity contribution in [1.82, 2.24) is 5.16 Å². The predicted molar refractivity (Wildman–Crippen MR) is 92.3 cm³/mol. The molecule has 0 fully saturated rings. The lowest BCUT2D eigenvalue weighted by Crippen LogP contribution is -2.05. The number of carbonyl (C=O) groups excluding carboxylic acids is 1. The summed E-state index contributed by atoms with van der Waals surface area (Å²) in [7, 11) is 0. The molecule has 0 unspecified atom stereocenters. The van der Waals surface area contributed by atoms with Crippen molar-refractivity contribution >= 4 is 5.97 Å². The molecule has 1 heterocycles. The Morgan fingerprint density at radius 2 is 1.72 bits per heavy atom. The highest BCUT2D eigenvalue weighted by atomic mass is 16.5. The van der Waals surface area contributed by atoms with Crippen molar-refractivity contribution in [1.29, 1.82) is 0 Å². The first-order valence-corrected chi connectivity index (χ1v) is 7.99. The van der Waals surface area contributed by atoms with Gasteiger partial charge in [0.1, 0.15) is 24.7 Å². The highest BCUT2D eigenvalue weighted by Gasteiger charge is 2.11. The fraction of sp³-hybridized carbons (Fsp3) is 0.200. The maximum absolute atomic E-state index is 12.1. The van der Waals surface area contributed by atoms with Gasteiger partial charge in [0.05, 0.1) is 16.8 Å². The first kappa shape index (κ1) is 16.8. The van der Waals surface area contributed by atoms with Gasteiger partial charge in [-0.15, -0.1) is 0 Å². The number of aryl methyl sites for hydroxylation is 2. The molecule has 1 aromatic heterocycles. The Balaban J connectivity index is 1.55. The number of carbonyl (C=O) groups is 1. The average molecular weight is 337 g/mol. The van der Waals surface area contributed by atoms with Crippen LogP contribution < -0.4 is 4.74 Å². The Bertz CT molecular complexity index is 818. The standard InChI is InChI=1S/C20H19NO4/c1-14-19(15(2)25-21-14)13-23-18-10-8-17(9-11-18)20(22)24-12-16-6-4-3-5-7-16/h3-11H,12-13H2,1-2H3. The third-order valence-electron chi connectivity index (χ3n) is 3.87. The zero-order valence-electron chi connectivity index (χ0n) is 14.2. The van der Waals surface area contributed by atoms with Gasteiger partial charge in [0, 0.05) is 0 Å². The summed E-state index contributed by atoms with van der Waals surface area (Å²) in [5.41, 5.74) is 3.20. The van der Waals surface area contributed by atoms with E-state index >= 15 is 0 Å². The predicted octanol–water partition coefficient (Wildman–Crippen LogP) is 4.23. The number of benzene rings is 2. The van der Waals surface area contributed by atoms with Crippen LogP contribution in [0.4, 0.5) is 0 Å². The van der Waals surface area contributed by atoms with E-state index in [9.17, 15) is 4.79 Å². The van der Waals surface area contributed by atoms with Crippen molar-refractivity contribution in [3.63, 3.8) is 0 Å². The van der Waals surface area contributed by atoms with Crippen molar-refractivity contribution in [2.75, 3.05) is 0 Å². The zero-order chi connectivity index (χ0) is 17.6. The van der Waals surface area contributed by atoms with Gasteiger partial charge in [0.2, 0.25) is 0 Å². The van der Waals surface area contributed by atoms with Crippen LogP contribution in [0.15, 0.2) is 59.1 Å². The first-order chi connectivity index (χ1) is 12.1. The Morgan fingerprint density at radius 3 is 2.36 bits per heavy atom. The molecular formula is C20H19NO4. The minimum atomic E-state index is -0.360. The summed E-state index contributed by atoms with van der Waals surface area (Å²) < 4.78 is 16.1. The zero-order valence-corrected chi connectivity index (χ0v) is 14.2. The number of nitrogens with zero attached hydrogens (tertiary/aromatic N) is 1. The van der Waals surface area contributed by atoms with Crippen molar-refractivity contribution in [2.24, 2.45) is 0 Å². The van der Waals surface area contributed by atoms with E-state index in [1.807, 2.05) is 44.2 Å². The monoisotopic (exact) mass is 337 g/mol. The highest BCUT2D eigenvalue weighted by molar-refractivity contribution is 5.89. The lowest BCUT2D eigenvalue weighted by molar-refractivity contribution is 0.0472. The topological polar surface area (TPSA) is 61.6 Å². The lowest BCUT2D eigenvalue weighted by Gasteiger charge is -2.08. The van der Waals surface area contributed by atoms with Crippen molar-refractivity contribution in [2.45, 2.75) is 27.1 Å². The molecule has 0 saturated carbocycles. The number of hydrogen-bond donors (Lipinski definition) is 0. The molecule has 0 spiro atoms. The minimum absolute atomic E-state index is 0.254. The molecule has 0 saturated heterocycles. The molecule has 0 atom stereocenters. The van der Waals surface area contributed by atoms with Crippen molar-refractivity contribution in [3.05, 3.63) is 82.7 Å². The number of hydrogen-bond acceptors (Lipinski definition) is 5. The second kappa shape index (κ2) is 7.66. The van der Waals surface area contributed by atoms with Crippen LogP contribution in [0.3, 0.4) is 0 Å². The van der Waals surface area contributed by atoms with Gasteiger partial charge in [0.15, 0.2) is 0 Å². The van der Waals surface area contributed by atoms with Crippen LogP contribution in [-0.2, 0) is 18.0 Å². The van der Waals surface area contributed by atoms with E-state index < -0.39 is 0 Å². The van der Waals surface area contributed by atoms with Gasteiger partial charge < -0.3 is 14.0 Å². The fourth-order valence-electron chi connectivity index (χ4n) is 2.36. The van der Waals surface area contributed by atoms with Crippen LogP contribution in [0.5, 0.6) is 5.75 Å². The molecule has 0 radical (unpaired) electrons. The third kappa shape index (κ3) is 4.26. The molecule has 5 nitrogen and oxygen atoms in total. The summed E-state index contributed by atoms with van der Waals surface area (Å²) in [6.45, 7) is 4.36. The van der Waals surface area contributed by atoms with E-state index in [0.717, 1.165) is 22.6 Å². The smallest absolute Gasteiger partial charge is 0.338 e. The van der Waals surface area contributed by atoms with E-state index in [-0.39, 0.29) is 12.6 Å². The minimum Gasteiger partial charge on any atom is -0.489 e. The molecule has 128 valence electrons. The van der Waals surface area contributed by atoms with Crippen LogP contribution >= 0.6 is 0 Å². The molecule has 0 aliphatic heterocycles. The average Bonchev–Trinajstić information content (AvgIpc) is 2.97. The SMILES string of the molecule is Cc1noc(C)c1COc1ccc(C(=O)OCc2ccccc2)cc1. The Hall–Kier alpha value is -3.08. The Labute approximate surface area is 146 Å². The number of esters is 1. The van der Waals surface area contributed by atoms with E-state index in [1.165, 1.54) is 0 Å². The largest absolute Gasteiger partial charge is 0.489 e. The second-order valence-corrected chi connectivity index (χ2v) is 5.68. The molecule has 5 heteroatoms. The van der Waals surface area contributed by atoms with Gasteiger partial charge >= 0.3 is 5.97 Å². The highest BCUT2D eigenvalue weighted by Crippen LogP contribution is 2.18. The number of rotatable bonds is 6. The van der Waals surface area contributed by atoms with Crippen LogP contribution in [0.2, 0.25) is 0 Å². The number of aromatic nitrogens is 1. The molecule has 0 bridgehead atoms. The summed E-state index contributed by atoms with van der Waals surface area (Å²) in [6, 6.07) is 16.5. The molecule has 2 aromatic carbocycles. The summed E-state index contributed by atoms with van der Waals surface area (Å²) in [5.74, 6) is 1.05. The van der Waals surface area contributed by atoms with E-state index in [1.54, 1.807) is 24.3 Å². The molecule has 0 N–H and O–H groups in total. The summed E-state index contributed by atoms with van der Waals surface area (Å²) in [5, 5.41) is 3.90. The van der Waals surface area contributed by atoms with Gasteiger partial charge in [-0.05, 0) is 43.7 Å². The molecule has 25 heavy (non-hydrogen) atoms. The third-order valence-corrected chi connectivity index (χ3v) is 3.87. The maximum atomic E-state index is 12.1.